The van der Waals surface area contributed by atoms with Crippen LogP contribution in [0.25, 0.3) is 0 Å². The fraction of sp³-hybridized carbons (Fsp3) is 0.737. The van der Waals surface area contributed by atoms with E-state index in [1.54, 1.807) is 0 Å². The number of carbonyl (C=O) groups is 7. The lowest BCUT2D eigenvalue weighted by atomic mass is 9.90. The van der Waals surface area contributed by atoms with Crippen molar-refractivity contribution < 1.29 is 67.0 Å². The molecule has 0 aromatic carbocycles. The molecule has 0 saturated heterocycles. The minimum Gasteiger partial charge on any atom is -0.394 e. The van der Waals surface area contributed by atoms with Crippen LogP contribution in [-0.4, -0.2) is 154 Å². The number of amides is 5. The Hall–Kier alpha value is -3.80. The Morgan fingerprint density at radius 2 is 1.61 bits per heavy atom. The summed E-state index contributed by atoms with van der Waals surface area (Å²) in [7, 11) is -5.07. The van der Waals surface area contributed by atoms with Crippen LogP contribution in [0, 0.1) is 17.8 Å². The van der Waals surface area contributed by atoms with Gasteiger partial charge < -0.3 is 61.7 Å². The van der Waals surface area contributed by atoms with Gasteiger partial charge in [-0.1, -0.05) is 33.6 Å². The lowest BCUT2D eigenvalue weighted by molar-refractivity contribution is -0.138. The Balaban J connectivity index is 3.01. The molecule has 0 spiro atoms. The van der Waals surface area contributed by atoms with E-state index < -0.39 is 92.6 Å². The molecule has 6 atom stereocenters. The first-order valence-electron chi connectivity index (χ1n) is 20.6. The number of aromatic nitrogens is 2. The largest absolute Gasteiger partial charge is 0.469 e. The molecule has 1 aromatic heterocycles. The quantitative estimate of drug-likeness (QED) is 0.0220. The van der Waals surface area contributed by atoms with E-state index in [-0.39, 0.29) is 82.3 Å². The van der Waals surface area contributed by atoms with Gasteiger partial charge in [-0.05, 0) is 25.7 Å². The van der Waals surface area contributed by atoms with Gasteiger partial charge in [-0.3, -0.25) is 38.1 Å². The fourth-order valence-electron chi connectivity index (χ4n) is 6.05. The number of aromatic amines is 1. The molecule has 0 bridgehead atoms. The van der Waals surface area contributed by atoms with Crippen LogP contribution in [0.15, 0.2) is 12.4 Å². The third kappa shape index (κ3) is 23.6. The molecule has 11 N–H and O–H groups in total. The van der Waals surface area contributed by atoms with Gasteiger partial charge in [-0.15, -0.1) is 0 Å². The number of nitrogens with zero attached hydrogens (tertiary/aromatic N) is 2. The summed E-state index contributed by atoms with van der Waals surface area (Å²) in [5.74, 6) is -6.89. The molecular formula is C38H67N8O14PS. The number of imidazole rings is 1. The Morgan fingerprint density at radius 3 is 2.18 bits per heavy atom. The van der Waals surface area contributed by atoms with Crippen LogP contribution in [0.3, 0.4) is 0 Å². The van der Waals surface area contributed by atoms with Crippen molar-refractivity contribution in [3.05, 3.63) is 18.2 Å². The van der Waals surface area contributed by atoms with E-state index in [0.717, 1.165) is 19.8 Å². The molecule has 1 aromatic rings. The van der Waals surface area contributed by atoms with E-state index in [9.17, 15) is 43.2 Å². The third-order valence-electron chi connectivity index (χ3n) is 9.42. The highest BCUT2D eigenvalue weighted by molar-refractivity contribution is 7.80. The predicted molar refractivity (Wildman–Crippen MR) is 228 cm³/mol. The van der Waals surface area contributed by atoms with Crippen LogP contribution in [-0.2, 0) is 58.5 Å². The minimum absolute atomic E-state index is 0.0181. The number of ketones is 2. The molecule has 0 aliphatic heterocycles. The summed E-state index contributed by atoms with van der Waals surface area (Å²) in [6, 6.07) is -3.38. The van der Waals surface area contributed by atoms with Gasteiger partial charge in [0.25, 0.3) is 0 Å². The highest BCUT2D eigenvalue weighted by Crippen LogP contribution is 2.39. The second-order valence-electron chi connectivity index (χ2n) is 15.2. The smallest absolute Gasteiger partial charge is 0.394 e. The van der Waals surface area contributed by atoms with Gasteiger partial charge in [0.1, 0.15) is 11.9 Å². The van der Waals surface area contributed by atoms with Crippen molar-refractivity contribution in [2.75, 3.05) is 58.4 Å². The summed E-state index contributed by atoms with van der Waals surface area (Å²) in [5, 5.41) is 17.8. The molecule has 0 unspecified atom stereocenters. The van der Waals surface area contributed by atoms with Gasteiger partial charge in [-0.25, -0.2) is 9.55 Å². The maximum Gasteiger partial charge on any atom is 0.469 e. The number of hydrogen-bond acceptors (Lipinski definition) is 15. The van der Waals surface area contributed by atoms with E-state index in [1.165, 1.54) is 17.3 Å². The van der Waals surface area contributed by atoms with Gasteiger partial charge >= 0.3 is 7.82 Å². The Kier molecular flexibility index (Phi) is 27.5. The normalized spacial score (nSPS) is 14.5. The summed E-state index contributed by atoms with van der Waals surface area (Å²) in [6.45, 7) is 6.80. The van der Waals surface area contributed by atoms with Crippen molar-refractivity contribution in [1.29, 1.82) is 0 Å². The summed E-state index contributed by atoms with van der Waals surface area (Å²) < 4.78 is 26.8. The van der Waals surface area contributed by atoms with Crippen molar-refractivity contribution in [1.82, 2.24) is 30.8 Å². The molecule has 24 heteroatoms. The monoisotopic (exact) mass is 922 g/mol. The number of nitrogens with two attached hydrogens (primary N) is 2. The van der Waals surface area contributed by atoms with Gasteiger partial charge in [0.2, 0.25) is 29.5 Å². The number of phosphoric ester groups is 1. The molecule has 0 radical (unpaired) electrons. The number of phosphoric acid groups is 1. The first-order valence-corrected chi connectivity index (χ1v) is 22.7. The Bertz CT molecular complexity index is 1600. The van der Waals surface area contributed by atoms with Gasteiger partial charge in [0.05, 0.1) is 76.0 Å². The number of nitrogens with one attached hydrogen (secondary N) is 4. The number of rotatable bonds is 35. The number of primary amides is 1. The lowest BCUT2D eigenvalue weighted by Crippen LogP contribution is -2.50. The SMILES string of the molecule is CCCCCN(CC(=O)N[C@@H](CC(C)C)C(=O)C[C@@H](Cc1ncc[nH]1)C(=O)N[C@@H](CO)C(=O)C[C@H](C(N)=O)[C@@H](C)OP(=O)(O)O)C(=O)CCOCCOCCNC(=O)[C@@H](N)CS. The van der Waals surface area contributed by atoms with E-state index in [4.69, 9.17) is 30.7 Å². The molecule has 0 saturated carbocycles. The number of thiol groups is 1. The molecule has 0 aliphatic carbocycles. The van der Waals surface area contributed by atoms with Crippen LogP contribution in [0.4, 0.5) is 0 Å². The number of hydrogen-bond donors (Lipinski definition) is 10. The van der Waals surface area contributed by atoms with Crippen LogP contribution >= 0.6 is 20.5 Å². The maximum atomic E-state index is 13.9. The average Bonchev–Trinajstić information content (AvgIpc) is 3.71. The molecule has 1 heterocycles. The zero-order valence-corrected chi connectivity index (χ0v) is 37.8. The number of H-pyrrole nitrogens is 1. The standard InChI is InChI=1S/C38H67N8O14PS/c1-5-6-7-12-46(35(51)8-13-58-15-16-59-14-11-43-38(54)28(39)23-62)21-34(50)44-29(17-24(2)3)31(48)18-26(19-33-41-9-10-42-33)37(53)45-30(22-47)32(49)20-27(36(40)52)25(4)60-61(55,56)57/h9-10,24-30,47,62H,5-8,11-23,39H2,1-4H3,(H2,40,52)(H,41,42)(H,43,54)(H,44,50)(H,45,53)(H2,55,56,57)/t25-,26+,27+,28+,29+,30+/m1/s1. The second kappa shape index (κ2) is 30.3. The van der Waals surface area contributed by atoms with Crippen LogP contribution < -0.4 is 27.4 Å². The zero-order chi connectivity index (χ0) is 46.8. The predicted octanol–water partition coefficient (Wildman–Crippen LogP) is -1.09. The highest BCUT2D eigenvalue weighted by atomic mass is 32.1. The van der Waals surface area contributed by atoms with E-state index >= 15 is 0 Å². The Morgan fingerprint density at radius 1 is 0.952 bits per heavy atom. The number of aliphatic hydroxyl groups excluding tert-OH is 1. The first kappa shape index (κ1) is 56.2. The minimum atomic E-state index is -5.07. The maximum absolute atomic E-state index is 13.9. The van der Waals surface area contributed by atoms with Gasteiger partial charge in [0.15, 0.2) is 11.6 Å². The molecule has 5 amide bonds. The van der Waals surface area contributed by atoms with E-state index in [0.29, 0.717) is 18.8 Å². The number of unbranched alkanes of at least 4 members (excludes halogenated alkanes) is 2. The van der Waals surface area contributed by atoms with Gasteiger partial charge in [0, 0.05) is 50.5 Å². The van der Waals surface area contributed by atoms with Crippen molar-refractivity contribution in [3.8, 4) is 0 Å². The average molecular weight is 923 g/mol. The van der Waals surface area contributed by atoms with Crippen molar-refractivity contribution in [2.45, 2.75) is 103 Å². The molecule has 22 nitrogen and oxygen atoms in total. The summed E-state index contributed by atoms with van der Waals surface area (Å²) in [5.41, 5.74) is 11.0. The summed E-state index contributed by atoms with van der Waals surface area (Å²) >= 11 is 3.98. The number of Topliss-reactive ketones (excluding diaryl/α,β-unsaturated/α-hetero) is 2. The lowest BCUT2D eigenvalue weighted by Gasteiger charge is -2.26. The van der Waals surface area contributed by atoms with Crippen molar-refractivity contribution >= 4 is 61.6 Å². The molecule has 0 aliphatic rings. The van der Waals surface area contributed by atoms with Crippen molar-refractivity contribution in [3.63, 3.8) is 0 Å². The summed E-state index contributed by atoms with van der Waals surface area (Å²) in [6.07, 6.45) is 2.63. The highest BCUT2D eigenvalue weighted by Gasteiger charge is 2.36. The van der Waals surface area contributed by atoms with E-state index in [2.05, 4.69) is 43.1 Å². The molecule has 0 fully saturated rings. The topological polar surface area (TPSA) is 345 Å². The van der Waals surface area contributed by atoms with Crippen molar-refractivity contribution in [2.24, 2.45) is 29.2 Å². The third-order valence-corrected chi connectivity index (χ3v) is 10.4. The van der Waals surface area contributed by atoms with Crippen LogP contribution in [0.1, 0.15) is 78.5 Å². The Labute approximate surface area is 367 Å². The molecule has 1 rings (SSSR count). The summed E-state index contributed by atoms with van der Waals surface area (Å²) in [4.78, 5) is 118. The van der Waals surface area contributed by atoms with E-state index in [1.807, 2.05) is 20.8 Å². The molecular weight excluding hydrogens is 856 g/mol. The zero-order valence-electron chi connectivity index (χ0n) is 36.0. The molecule has 354 valence electrons. The first-order chi connectivity index (χ1) is 29.2. The molecule has 62 heavy (non-hydrogen) atoms. The number of ether oxygens (including phenoxy) is 2. The fourth-order valence-corrected chi connectivity index (χ4v) is 6.80. The van der Waals surface area contributed by atoms with Gasteiger partial charge in [-0.2, -0.15) is 12.6 Å². The van der Waals surface area contributed by atoms with Crippen LogP contribution in [0.5, 0.6) is 0 Å². The van der Waals surface area contributed by atoms with Crippen LogP contribution in [0.2, 0.25) is 0 Å². The number of carbonyl (C=O) groups excluding carboxylic acids is 7. The number of aliphatic hydroxyl groups is 1. The second-order valence-corrected chi connectivity index (χ2v) is 16.7.